The van der Waals surface area contributed by atoms with Gasteiger partial charge in [0, 0.05) is 31.2 Å². The van der Waals surface area contributed by atoms with Crippen molar-refractivity contribution in [1.82, 2.24) is 0 Å². The van der Waals surface area contributed by atoms with Crippen LogP contribution in [0.15, 0.2) is 36.7 Å². The van der Waals surface area contributed by atoms with Crippen LogP contribution in [0.5, 0.6) is 0 Å². The molecule has 1 saturated heterocycles. The predicted molar refractivity (Wildman–Crippen MR) is 67.9 cm³/mol. The van der Waals surface area contributed by atoms with Gasteiger partial charge >= 0.3 is 0 Å². The topological polar surface area (TPSA) is 58.5 Å². The Hall–Kier alpha value is -1.68. The van der Waals surface area contributed by atoms with Gasteiger partial charge in [0.1, 0.15) is 0 Å². The van der Waals surface area contributed by atoms with E-state index in [0.717, 1.165) is 18.8 Å². The molecule has 0 spiro atoms. The number of hydrogen-bond acceptors (Lipinski definition) is 4. The average Bonchev–Trinajstić information content (AvgIpc) is 2.83. The summed E-state index contributed by atoms with van der Waals surface area (Å²) in [7, 11) is 0. The second kappa shape index (κ2) is 4.90. The monoisotopic (exact) mass is 218 g/mol. The molecule has 16 heavy (non-hydrogen) atoms. The summed E-state index contributed by atoms with van der Waals surface area (Å²) in [5.41, 5.74) is 7.50. The van der Waals surface area contributed by atoms with Crippen LogP contribution >= 0.6 is 0 Å². The van der Waals surface area contributed by atoms with Crippen molar-refractivity contribution in [2.75, 3.05) is 23.0 Å². The Labute approximate surface area is 96.1 Å². The summed E-state index contributed by atoms with van der Waals surface area (Å²) in [5.74, 6) is 5.82. The van der Waals surface area contributed by atoms with Crippen molar-refractivity contribution in [3.05, 3.63) is 36.7 Å². The third kappa shape index (κ3) is 2.28. The van der Waals surface area contributed by atoms with Crippen molar-refractivity contribution in [3.63, 3.8) is 0 Å². The third-order valence-electron chi connectivity index (χ3n) is 2.85. The number of hydrogen-bond donors (Lipinski definition) is 2. The van der Waals surface area contributed by atoms with E-state index >= 15 is 0 Å². The summed E-state index contributed by atoms with van der Waals surface area (Å²) < 4.78 is 0. The number of rotatable bonds is 3. The highest BCUT2D eigenvalue weighted by molar-refractivity contribution is 5.60. The van der Waals surface area contributed by atoms with Gasteiger partial charge < -0.3 is 10.6 Å². The maximum Gasteiger partial charge on any atom is 0.0589 e. The Morgan fingerprint density at radius 1 is 1.25 bits per heavy atom. The molecule has 4 heteroatoms. The fourth-order valence-corrected chi connectivity index (χ4v) is 2.00. The lowest BCUT2D eigenvalue weighted by Gasteiger charge is -2.20. The van der Waals surface area contributed by atoms with Gasteiger partial charge in [-0.25, -0.2) is 5.84 Å². The van der Waals surface area contributed by atoms with Gasteiger partial charge in [-0.2, -0.15) is 0 Å². The molecule has 0 unspecified atom stereocenters. The highest BCUT2D eigenvalue weighted by Crippen LogP contribution is 2.24. The van der Waals surface area contributed by atoms with Crippen molar-refractivity contribution in [1.29, 1.82) is 0 Å². The first-order chi connectivity index (χ1) is 7.81. The Balaban J connectivity index is 2.18. The summed E-state index contributed by atoms with van der Waals surface area (Å²) in [6, 6.07) is 8.20. The number of anilines is 2. The molecule has 0 atom stereocenters. The molecule has 86 valence electrons. The minimum absolute atomic E-state index is 0.950. The van der Waals surface area contributed by atoms with Crippen LogP contribution < -0.4 is 21.5 Å². The maximum absolute atomic E-state index is 5.82. The van der Waals surface area contributed by atoms with E-state index in [9.17, 15) is 0 Å². The van der Waals surface area contributed by atoms with E-state index in [1.807, 2.05) is 12.1 Å². The van der Waals surface area contributed by atoms with Gasteiger partial charge in [0.05, 0.1) is 5.69 Å². The summed E-state index contributed by atoms with van der Waals surface area (Å²) in [4.78, 5) is 2.38. The maximum atomic E-state index is 5.82. The van der Waals surface area contributed by atoms with Gasteiger partial charge in [-0.1, -0.05) is 6.07 Å². The first kappa shape index (κ1) is 10.8. The number of nitrogens with zero attached hydrogens (tertiary/aromatic N) is 2. The van der Waals surface area contributed by atoms with Gasteiger partial charge in [0.25, 0.3) is 0 Å². The zero-order valence-electron chi connectivity index (χ0n) is 9.34. The van der Waals surface area contributed by atoms with Crippen LogP contribution in [0.3, 0.4) is 0 Å². The SMILES string of the molecule is N/C=C\N(N)c1cccc(N2CCCC2)c1. The summed E-state index contributed by atoms with van der Waals surface area (Å²) in [6.45, 7) is 2.28. The molecule has 4 nitrogen and oxygen atoms in total. The number of benzene rings is 1. The first-order valence-electron chi connectivity index (χ1n) is 5.58. The molecule has 0 radical (unpaired) electrons. The molecule has 2 rings (SSSR count). The van der Waals surface area contributed by atoms with Gasteiger partial charge in [0.15, 0.2) is 0 Å². The summed E-state index contributed by atoms with van der Waals surface area (Å²) >= 11 is 0. The standard InChI is InChI=1S/C12H18N4/c13-6-9-16(14)12-5-3-4-11(10-12)15-7-1-2-8-15/h3-6,9-10H,1-2,7-8,13-14H2/b9-6-. The fraction of sp³-hybridized carbons (Fsp3) is 0.333. The Kier molecular flexibility index (Phi) is 3.31. The Bertz CT molecular complexity index is 369. The minimum Gasteiger partial charge on any atom is -0.403 e. The van der Waals surface area contributed by atoms with Crippen molar-refractivity contribution >= 4 is 11.4 Å². The average molecular weight is 218 g/mol. The van der Waals surface area contributed by atoms with Crippen LogP contribution in [0.25, 0.3) is 0 Å². The van der Waals surface area contributed by atoms with Gasteiger partial charge in [-0.15, -0.1) is 0 Å². The van der Waals surface area contributed by atoms with E-state index in [1.54, 1.807) is 6.20 Å². The van der Waals surface area contributed by atoms with Crippen LogP contribution in [-0.4, -0.2) is 13.1 Å². The second-order valence-corrected chi connectivity index (χ2v) is 3.96. The third-order valence-corrected chi connectivity index (χ3v) is 2.85. The molecule has 1 aliphatic heterocycles. The lowest BCUT2D eigenvalue weighted by molar-refractivity contribution is 0.949. The number of nitrogens with two attached hydrogens (primary N) is 2. The normalized spacial score (nSPS) is 15.9. The molecule has 1 aromatic carbocycles. The molecule has 4 N–H and O–H groups in total. The smallest absolute Gasteiger partial charge is 0.0589 e. The van der Waals surface area contributed by atoms with Crippen LogP contribution in [0.4, 0.5) is 11.4 Å². The highest BCUT2D eigenvalue weighted by Gasteiger charge is 2.12. The second-order valence-electron chi connectivity index (χ2n) is 3.96. The molecule has 0 aromatic heterocycles. The lowest BCUT2D eigenvalue weighted by atomic mass is 10.2. The van der Waals surface area contributed by atoms with Gasteiger partial charge in [-0.05, 0) is 31.0 Å². The molecule has 1 aliphatic rings. The van der Waals surface area contributed by atoms with Crippen molar-refractivity contribution < 1.29 is 0 Å². The lowest BCUT2D eigenvalue weighted by Crippen LogP contribution is -2.25. The van der Waals surface area contributed by atoms with E-state index in [0.29, 0.717) is 0 Å². The van der Waals surface area contributed by atoms with Crippen LogP contribution in [0.1, 0.15) is 12.8 Å². The minimum atomic E-state index is 0.950. The van der Waals surface area contributed by atoms with Gasteiger partial charge in [-0.3, -0.25) is 5.01 Å². The molecule has 0 amide bonds. The molecular formula is C12H18N4. The zero-order valence-corrected chi connectivity index (χ0v) is 9.34. The van der Waals surface area contributed by atoms with E-state index in [2.05, 4.69) is 17.0 Å². The molecule has 1 heterocycles. The first-order valence-corrected chi connectivity index (χ1v) is 5.58. The predicted octanol–water partition coefficient (Wildman–Crippen LogP) is 1.40. The summed E-state index contributed by atoms with van der Waals surface area (Å²) in [5, 5.41) is 1.53. The quantitative estimate of drug-likeness (QED) is 0.594. The molecular weight excluding hydrogens is 200 g/mol. The molecule has 0 saturated carbocycles. The highest BCUT2D eigenvalue weighted by atomic mass is 15.4. The molecule has 1 fully saturated rings. The largest absolute Gasteiger partial charge is 0.403 e. The van der Waals surface area contributed by atoms with Crippen molar-refractivity contribution in [2.24, 2.45) is 11.6 Å². The summed E-state index contributed by atoms with van der Waals surface area (Å²) in [6.07, 6.45) is 5.63. The van der Waals surface area contributed by atoms with E-state index < -0.39 is 0 Å². The Morgan fingerprint density at radius 2 is 2.00 bits per heavy atom. The van der Waals surface area contributed by atoms with E-state index in [1.165, 1.54) is 29.7 Å². The molecule has 0 aliphatic carbocycles. The zero-order chi connectivity index (χ0) is 11.4. The van der Waals surface area contributed by atoms with Gasteiger partial charge in [0.2, 0.25) is 0 Å². The number of hydrazine groups is 1. The molecule has 0 bridgehead atoms. The van der Waals surface area contributed by atoms with Crippen LogP contribution in [0.2, 0.25) is 0 Å². The van der Waals surface area contributed by atoms with Crippen LogP contribution in [-0.2, 0) is 0 Å². The van der Waals surface area contributed by atoms with Crippen LogP contribution in [0, 0.1) is 0 Å². The van der Waals surface area contributed by atoms with E-state index in [-0.39, 0.29) is 0 Å². The van der Waals surface area contributed by atoms with E-state index in [4.69, 9.17) is 11.6 Å². The van der Waals surface area contributed by atoms with Crippen molar-refractivity contribution in [2.45, 2.75) is 12.8 Å². The molecule has 1 aromatic rings. The fourth-order valence-electron chi connectivity index (χ4n) is 2.00. The Morgan fingerprint density at radius 3 is 2.69 bits per heavy atom. The van der Waals surface area contributed by atoms with Crippen molar-refractivity contribution in [3.8, 4) is 0 Å².